The van der Waals surface area contributed by atoms with Gasteiger partial charge in [0.1, 0.15) is 0 Å². The molecule has 2 atom stereocenters. The molecule has 28 heavy (non-hydrogen) atoms. The number of hydrogen-bond acceptors (Lipinski definition) is 6. The minimum atomic E-state index is -3.80. The number of rotatable bonds is 6. The number of ether oxygens (including phenoxy) is 1. The Bertz CT molecular complexity index is 987. The van der Waals surface area contributed by atoms with E-state index in [9.17, 15) is 13.2 Å². The second kappa shape index (κ2) is 7.75. The molecule has 0 saturated heterocycles. The summed E-state index contributed by atoms with van der Waals surface area (Å²) >= 11 is 0. The molecule has 0 aliphatic carbocycles. The summed E-state index contributed by atoms with van der Waals surface area (Å²) in [7, 11) is -3.80. The number of primary sulfonamides is 1. The fourth-order valence-electron chi connectivity index (χ4n) is 3.37. The first-order valence-electron chi connectivity index (χ1n) is 8.80. The minimum absolute atomic E-state index is 0.00692. The number of benzene rings is 2. The highest BCUT2D eigenvalue weighted by molar-refractivity contribution is 7.89. The number of nitrogens with one attached hydrogen (secondary N) is 1. The van der Waals surface area contributed by atoms with Gasteiger partial charge in [-0.3, -0.25) is 15.1 Å². The van der Waals surface area contributed by atoms with Crippen molar-refractivity contribution in [1.82, 2.24) is 5.48 Å². The Hall–Kier alpha value is -2.68. The van der Waals surface area contributed by atoms with Gasteiger partial charge in [-0.1, -0.05) is 42.5 Å². The SMILES string of the molecule is CCOC(=O)C(C)C1(c2ccccc2)ONC=C1c1ccc(S(N)(=O)=O)cc1. The highest BCUT2D eigenvalue weighted by Gasteiger charge is 2.50. The highest BCUT2D eigenvalue weighted by atomic mass is 32.2. The van der Waals surface area contributed by atoms with Crippen LogP contribution < -0.4 is 10.6 Å². The summed E-state index contributed by atoms with van der Waals surface area (Å²) < 4.78 is 28.3. The van der Waals surface area contributed by atoms with Gasteiger partial charge in [0.15, 0.2) is 5.60 Å². The molecule has 2 aromatic rings. The molecular weight excluding hydrogens is 380 g/mol. The van der Waals surface area contributed by atoms with Crippen LogP contribution in [0.5, 0.6) is 0 Å². The lowest BCUT2D eigenvalue weighted by Crippen LogP contribution is -2.41. The van der Waals surface area contributed by atoms with E-state index in [1.54, 1.807) is 32.2 Å². The van der Waals surface area contributed by atoms with Gasteiger partial charge in [0.25, 0.3) is 0 Å². The van der Waals surface area contributed by atoms with Crippen LogP contribution in [-0.2, 0) is 30.0 Å². The quantitative estimate of drug-likeness (QED) is 0.718. The van der Waals surface area contributed by atoms with Crippen LogP contribution >= 0.6 is 0 Å². The van der Waals surface area contributed by atoms with Crippen LogP contribution in [-0.4, -0.2) is 21.0 Å². The van der Waals surface area contributed by atoms with Gasteiger partial charge in [0, 0.05) is 11.8 Å². The van der Waals surface area contributed by atoms with Crippen LogP contribution in [0.3, 0.4) is 0 Å². The second-order valence-corrected chi connectivity index (χ2v) is 7.98. The normalized spacial score (nSPS) is 20.2. The van der Waals surface area contributed by atoms with E-state index in [2.05, 4.69) is 5.48 Å². The third-order valence-electron chi connectivity index (χ3n) is 4.77. The van der Waals surface area contributed by atoms with E-state index in [0.717, 1.165) is 5.56 Å². The van der Waals surface area contributed by atoms with Crippen molar-refractivity contribution in [3.05, 3.63) is 71.9 Å². The molecule has 1 aliphatic heterocycles. The van der Waals surface area contributed by atoms with Gasteiger partial charge in [-0.2, -0.15) is 0 Å². The lowest BCUT2D eigenvalue weighted by molar-refractivity contribution is -0.160. The molecule has 148 valence electrons. The summed E-state index contributed by atoms with van der Waals surface area (Å²) in [6.07, 6.45) is 1.66. The Labute approximate surface area is 164 Å². The van der Waals surface area contributed by atoms with Gasteiger partial charge in [0.2, 0.25) is 10.0 Å². The van der Waals surface area contributed by atoms with Gasteiger partial charge in [-0.25, -0.2) is 13.6 Å². The molecule has 3 N–H and O–H groups in total. The second-order valence-electron chi connectivity index (χ2n) is 6.42. The lowest BCUT2D eigenvalue weighted by atomic mass is 9.74. The van der Waals surface area contributed by atoms with Crippen LogP contribution in [0.2, 0.25) is 0 Å². The summed E-state index contributed by atoms with van der Waals surface area (Å²) in [4.78, 5) is 18.6. The number of nitrogens with two attached hydrogens (primary N) is 1. The molecule has 2 aromatic carbocycles. The van der Waals surface area contributed by atoms with Crippen LogP contribution in [0, 0.1) is 5.92 Å². The van der Waals surface area contributed by atoms with Gasteiger partial charge in [0.05, 0.1) is 17.4 Å². The Morgan fingerprint density at radius 3 is 2.39 bits per heavy atom. The molecule has 8 heteroatoms. The fraction of sp³-hybridized carbons (Fsp3) is 0.250. The van der Waals surface area contributed by atoms with Crippen LogP contribution in [0.4, 0.5) is 0 Å². The molecule has 0 aromatic heterocycles. The third-order valence-corrected chi connectivity index (χ3v) is 5.70. The van der Waals surface area contributed by atoms with Crippen molar-refractivity contribution in [3.63, 3.8) is 0 Å². The van der Waals surface area contributed by atoms with Crippen molar-refractivity contribution in [3.8, 4) is 0 Å². The molecule has 7 nitrogen and oxygen atoms in total. The predicted octanol–water partition coefficient (Wildman–Crippen LogP) is 2.30. The first-order chi connectivity index (χ1) is 13.3. The van der Waals surface area contributed by atoms with E-state index in [1.807, 2.05) is 30.3 Å². The molecule has 0 spiro atoms. The zero-order valence-electron chi connectivity index (χ0n) is 15.6. The zero-order chi connectivity index (χ0) is 20.4. The lowest BCUT2D eigenvalue weighted by Gasteiger charge is -2.35. The number of hydroxylamine groups is 1. The van der Waals surface area contributed by atoms with Crippen molar-refractivity contribution in [2.75, 3.05) is 6.61 Å². The summed E-state index contributed by atoms with van der Waals surface area (Å²) in [5.41, 5.74) is 3.77. The zero-order valence-corrected chi connectivity index (χ0v) is 16.4. The topological polar surface area (TPSA) is 108 Å². The smallest absolute Gasteiger partial charge is 0.312 e. The van der Waals surface area contributed by atoms with Crippen molar-refractivity contribution < 1.29 is 22.8 Å². The van der Waals surface area contributed by atoms with Crippen molar-refractivity contribution in [2.24, 2.45) is 11.1 Å². The molecular formula is C20H22N2O5S. The summed E-state index contributed by atoms with van der Waals surface area (Å²) in [6, 6.07) is 15.5. The van der Waals surface area contributed by atoms with E-state index in [0.29, 0.717) is 11.1 Å². The van der Waals surface area contributed by atoms with E-state index < -0.39 is 27.5 Å². The Morgan fingerprint density at radius 1 is 1.18 bits per heavy atom. The fourth-order valence-corrected chi connectivity index (χ4v) is 3.89. The Morgan fingerprint density at radius 2 is 1.82 bits per heavy atom. The molecule has 0 bridgehead atoms. The van der Waals surface area contributed by atoms with Gasteiger partial charge in [-0.15, -0.1) is 0 Å². The average Bonchev–Trinajstić information content (AvgIpc) is 3.13. The largest absolute Gasteiger partial charge is 0.466 e. The third kappa shape index (κ3) is 3.54. The maximum Gasteiger partial charge on any atom is 0.312 e. The molecule has 0 fully saturated rings. The maximum absolute atomic E-state index is 12.6. The predicted molar refractivity (Wildman–Crippen MR) is 104 cm³/mol. The standard InChI is InChI=1S/C20H22N2O5S/c1-3-26-19(23)14(2)20(16-7-5-4-6-8-16)18(13-22-27-20)15-9-11-17(12-10-15)28(21,24)25/h4-14,22H,3H2,1-2H3,(H2,21,24,25). The number of carbonyl (C=O) groups is 1. The first kappa shape index (κ1) is 20.1. The van der Waals surface area contributed by atoms with Crippen LogP contribution in [0.15, 0.2) is 65.7 Å². The summed E-state index contributed by atoms with van der Waals surface area (Å²) in [6.45, 7) is 3.74. The molecule has 2 unspecified atom stereocenters. The molecule has 0 saturated carbocycles. The summed E-state index contributed by atoms with van der Waals surface area (Å²) in [5, 5.41) is 5.19. The van der Waals surface area contributed by atoms with Gasteiger partial charge in [-0.05, 0) is 37.1 Å². The molecule has 0 radical (unpaired) electrons. The van der Waals surface area contributed by atoms with Crippen LogP contribution in [0.1, 0.15) is 25.0 Å². The Balaban J connectivity index is 2.12. The van der Waals surface area contributed by atoms with Crippen molar-refractivity contribution in [2.45, 2.75) is 24.3 Å². The maximum atomic E-state index is 12.6. The van der Waals surface area contributed by atoms with Crippen molar-refractivity contribution in [1.29, 1.82) is 0 Å². The summed E-state index contributed by atoms with van der Waals surface area (Å²) in [5.74, 6) is -1.07. The molecule has 1 aliphatic rings. The van der Waals surface area contributed by atoms with Gasteiger partial charge < -0.3 is 4.74 Å². The van der Waals surface area contributed by atoms with E-state index in [1.165, 1.54) is 12.1 Å². The minimum Gasteiger partial charge on any atom is -0.466 e. The number of esters is 1. The van der Waals surface area contributed by atoms with Crippen LogP contribution in [0.25, 0.3) is 5.57 Å². The van der Waals surface area contributed by atoms with Crippen molar-refractivity contribution >= 4 is 21.6 Å². The number of carbonyl (C=O) groups excluding carboxylic acids is 1. The number of hydrogen-bond donors (Lipinski definition) is 2. The van der Waals surface area contributed by atoms with E-state index in [-0.39, 0.29) is 11.5 Å². The average molecular weight is 402 g/mol. The van der Waals surface area contributed by atoms with E-state index in [4.69, 9.17) is 14.7 Å². The van der Waals surface area contributed by atoms with E-state index >= 15 is 0 Å². The molecule has 3 rings (SSSR count). The Kier molecular flexibility index (Phi) is 5.55. The molecule has 0 amide bonds. The molecule has 1 heterocycles. The van der Waals surface area contributed by atoms with Gasteiger partial charge >= 0.3 is 5.97 Å². The highest BCUT2D eigenvalue weighted by Crippen LogP contribution is 2.47. The number of sulfonamides is 1. The monoisotopic (exact) mass is 402 g/mol. The first-order valence-corrected chi connectivity index (χ1v) is 10.3.